The number of carboxylic acids is 3. The van der Waals surface area contributed by atoms with Gasteiger partial charge in [0.2, 0.25) is 0 Å². The summed E-state index contributed by atoms with van der Waals surface area (Å²) < 4.78 is 20.5. The predicted molar refractivity (Wildman–Crippen MR) is 37.1 cm³/mol. The van der Waals surface area contributed by atoms with Crippen LogP contribution >= 0.6 is 0 Å². The average Bonchev–Trinajstić information content (AvgIpc) is 2.14. The van der Waals surface area contributed by atoms with Crippen LogP contribution < -0.4 is 0 Å². The molecule has 0 spiro atoms. The van der Waals surface area contributed by atoms with Gasteiger partial charge in [-0.05, 0) is 0 Å². The van der Waals surface area contributed by atoms with Crippen LogP contribution in [0, 0.1) is 0 Å². The number of hydrogen-bond acceptors (Lipinski definition) is 4. The first-order chi connectivity index (χ1) is 6.99. The fraction of sp³-hybridized carbons (Fsp3) is 0.500. The summed E-state index contributed by atoms with van der Waals surface area (Å²) in [5.41, 5.74) is -3.88. The van der Waals surface area contributed by atoms with E-state index in [1.807, 2.05) is 0 Å². The van der Waals surface area contributed by atoms with Crippen molar-refractivity contribution in [2.24, 2.45) is 0 Å². The Morgan fingerprint density at radius 3 is 1.85 bits per heavy atom. The van der Waals surface area contributed by atoms with E-state index in [9.17, 15) is 19.5 Å². The lowest BCUT2D eigenvalue weighted by atomic mass is 9.96. The van der Waals surface area contributed by atoms with E-state index in [4.69, 9.17) is 19.4 Å². The molecule has 74 valence electrons. The van der Waals surface area contributed by atoms with Gasteiger partial charge in [0.15, 0.2) is 5.60 Å². The molecule has 0 aliphatic carbocycles. The second-order valence-electron chi connectivity index (χ2n) is 1.98. The van der Waals surface area contributed by atoms with Gasteiger partial charge in [-0.3, -0.25) is 9.59 Å². The summed E-state index contributed by atoms with van der Waals surface area (Å²) in [7, 11) is 0. The highest BCUT2D eigenvalue weighted by Gasteiger charge is 2.40. The monoisotopic (exact) mass is 195 g/mol. The first-order valence-electron chi connectivity index (χ1n) is 4.41. The van der Waals surface area contributed by atoms with Crippen molar-refractivity contribution in [2.75, 3.05) is 0 Å². The minimum absolute atomic E-state index is 2.16. The second-order valence-corrected chi connectivity index (χ2v) is 1.98. The molecule has 0 radical (unpaired) electrons. The quantitative estimate of drug-likeness (QED) is 0.430. The van der Waals surface area contributed by atoms with Gasteiger partial charge in [0.05, 0.1) is 12.8 Å². The molecule has 0 aromatic carbocycles. The fourth-order valence-electron chi connectivity index (χ4n) is 0.493. The van der Waals surface area contributed by atoms with Crippen molar-refractivity contribution in [2.45, 2.75) is 18.4 Å². The van der Waals surface area contributed by atoms with Gasteiger partial charge in [-0.2, -0.15) is 0 Å². The van der Waals surface area contributed by atoms with Gasteiger partial charge in [0.1, 0.15) is 0 Å². The van der Waals surface area contributed by atoms with Gasteiger partial charge in [0.25, 0.3) is 0 Å². The summed E-state index contributed by atoms with van der Waals surface area (Å²) >= 11 is 0. The summed E-state index contributed by atoms with van der Waals surface area (Å²) in [5, 5.41) is 34.5. The maximum absolute atomic E-state index is 10.6. The van der Waals surface area contributed by atoms with E-state index in [-0.39, 0.29) is 0 Å². The fourth-order valence-corrected chi connectivity index (χ4v) is 0.493. The zero-order valence-corrected chi connectivity index (χ0v) is 6.09. The molecule has 7 nitrogen and oxygen atoms in total. The first-order valence-corrected chi connectivity index (χ1v) is 2.83. The van der Waals surface area contributed by atoms with Crippen molar-refractivity contribution in [1.82, 2.24) is 0 Å². The van der Waals surface area contributed by atoms with Crippen molar-refractivity contribution < 1.29 is 38.9 Å². The molecular weight excluding hydrogens is 184 g/mol. The molecule has 0 aliphatic heterocycles. The van der Waals surface area contributed by atoms with Crippen LogP contribution in [0.15, 0.2) is 0 Å². The zero-order valence-electron chi connectivity index (χ0n) is 9.09. The number of aliphatic hydroxyl groups is 1. The van der Waals surface area contributed by atoms with Gasteiger partial charge < -0.3 is 20.4 Å². The molecule has 0 saturated carbocycles. The van der Waals surface area contributed by atoms with E-state index in [2.05, 4.69) is 0 Å². The highest BCUT2D eigenvalue weighted by atomic mass is 16.4. The van der Waals surface area contributed by atoms with Crippen LogP contribution in [0.1, 0.15) is 16.9 Å². The van der Waals surface area contributed by atoms with Crippen LogP contribution in [0.25, 0.3) is 0 Å². The highest BCUT2D eigenvalue weighted by Crippen LogP contribution is 2.15. The van der Waals surface area contributed by atoms with Gasteiger partial charge in [-0.1, -0.05) is 0 Å². The molecule has 0 amide bonds. The maximum Gasteiger partial charge on any atom is 0.336 e. The normalized spacial score (nSPS) is 21.5. The number of carboxylic acid groups (broad SMARTS) is 3. The molecule has 13 heavy (non-hydrogen) atoms. The Kier molecular flexibility index (Phi) is 2.03. The molecule has 0 rings (SSSR count). The van der Waals surface area contributed by atoms with Crippen molar-refractivity contribution in [1.29, 1.82) is 0 Å². The highest BCUT2D eigenvalue weighted by molar-refractivity contribution is 5.88. The standard InChI is InChI=1S/C6H8O7/c7-3(8)1-6(13,5(11)12)2-4(9)10/h13H,1-2H2,(H,7,8)(H,9,10)(H,11,12)/i1D,2D2. The molecule has 0 heterocycles. The molecule has 2 atom stereocenters. The van der Waals surface area contributed by atoms with Gasteiger partial charge in [0, 0.05) is 4.11 Å². The van der Waals surface area contributed by atoms with E-state index >= 15 is 0 Å². The van der Waals surface area contributed by atoms with Gasteiger partial charge >= 0.3 is 17.9 Å². The number of carbonyl (C=O) groups is 3. The minimum Gasteiger partial charge on any atom is -0.481 e. The molecule has 0 aromatic heterocycles. The van der Waals surface area contributed by atoms with E-state index in [1.54, 1.807) is 0 Å². The van der Waals surface area contributed by atoms with E-state index < -0.39 is 36.3 Å². The summed E-state index contributed by atoms with van der Waals surface area (Å²) in [6, 6.07) is 0. The van der Waals surface area contributed by atoms with Gasteiger partial charge in [-0.15, -0.1) is 0 Å². The third kappa shape index (κ3) is 3.52. The number of hydrogen-bond donors (Lipinski definition) is 4. The second kappa shape index (κ2) is 3.85. The van der Waals surface area contributed by atoms with E-state index in [0.29, 0.717) is 0 Å². The first kappa shape index (κ1) is 6.84. The predicted octanol–water partition coefficient (Wildman–Crippen LogP) is -1.25. The summed E-state index contributed by atoms with van der Waals surface area (Å²) in [6.45, 7) is 0. The lowest BCUT2D eigenvalue weighted by Crippen LogP contribution is -2.42. The molecule has 0 aliphatic rings. The molecule has 0 bridgehead atoms. The lowest BCUT2D eigenvalue weighted by Gasteiger charge is -2.18. The zero-order chi connectivity index (χ0) is 13.3. The molecule has 4 N–H and O–H groups in total. The SMILES string of the molecule is [2H]C(C(=O)O)C(O)(C(=O)O)C([2H])([2H])C(=O)O. The summed E-state index contributed by atoms with van der Waals surface area (Å²) in [5.74, 6) is -6.98. The number of rotatable bonds is 5. The van der Waals surface area contributed by atoms with Gasteiger partial charge in [-0.25, -0.2) is 4.79 Å². The Bertz CT molecular complexity index is 341. The van der Waals surface area contributed by atoms with E-state index in [1.165, 1.54) is 0 Å². The van der Waals surface area contributed by atoms with Crippen LogP contribution in [0.5, 0.6) is 0 Å². The van der Waals surface area contributed by atoms with Crippen LogP contribution in [0.2, 0.25) is 0 Å². The topological polar surface area (TPSA) is 132 Å². The molecule has 7 heteroatoms. The minimum atomic E-state index is -3.88. The molecule has 2 unspecified atom stereocenters. The molecular formula is C6H8O7. The maximum atomic E-state index is 10.6. The number of aliphatic carboxylic acids is 3. The largest absolute Gasteiger partial charge is 0.481 e. The van der Waals surface area contributed by atoms with Crippen LogP contribution in [-0.2, 0) is 14.4 Å². The summed E-state index contributed by atoms with van der Waals surface area (Å²) in [4.78, 5) is 31.4. The molecule has 0 saturated heterocycles. The smallest absolute Gasteiger partial charge is 0.336 e. The average molecular weight is 195 g/mol. The Morgan fingerprint density at radius 2 is 1.62 bits per heavy atom. The molecule has 0 fully saturated rings. The Labute approximate surface area is 76.4 Å². The van der Waals surface area contributed by atoms with Crippen molar-refractivity contribution in [3.05, 3.63) is 0 Å². The van der Waals surface area contributed by atoms with Crippen LogP contribution in [-0.4, -0.2) is 43.9 Å². The third-order valence-electron chi connectivity index (χ3n) is 0.956. The van der Waals surface area contributed by atoms with Crippen molar-refractivity contribution >= 4 is 17.9 Å². The molecule has 0 aromatic rings. The Balaban J connectivity index is 5.71. The van der Waals surface area contributed by atoms with Crippen molar-refractivity contribution in [3.63, 3.8) is 0 Å². The van der Waals surface area contributed by atoms with Crippen molar-refractivity contribution in [3.8, 4) is 0 Å². The Morgan fingerprint density at radius 1 is 1.15 bits per heavy atom. The van der Waals surface area contributed by atoms with E-state index in [0.717, 1.165) is 0 Å². The lowest BCUT2D eigenvalue weighted by molar-refractivity contribution is -0.170. The Hall–Kier alpha value is -1.63. The third-order valence-corrected chi connectivity index (χ3v) is 0.956. The van der Waals surface area contributed by atoms with Crippen LogP contribution in [0.4, 0.5) is 0 Å². The summed E-state index contributed by atoms with van der Waals surface area (Å²) in [6.07, 6.45) is -6.69. The van der Waals surface area contributed by atoms with Crippen LogP contribution in [0.3, 0.4) is 0 Å².